The Hall–Kier alpha value is -4.54. The first-order valence-electron chi connectivity index (χ1n) is 9.24. The van der Waals surface area contributed by atoms with Gasteiger partial charge >= 0.3 is 0 Å². The molecule has 9 nitrogen and oxygen atoms in total. The standard InChI is InChI=1S/C21H11F2N5O4/c1-10-17-18-16(9-24-19(17)27(25-10)15-6-11(22)5-12(23)7-15)20(29)26(21(18)30)13-3-2-4-14(8-13)28(31)32/h2-9H,1H3. The number of fused-ring (bicyclic) bond motifs is 3. The molecule has 1 aliphatic rings. The van der Waals surface area contributed by atoms with E-state index >= 15 is 0 Å². The number of halogens is 2. The van der Waals surface area contributed by atoms with Gasteiger partial charge in [0.1, 0.15) is 11.6 Å². The van der Waals surface area contributed by atoms with Crippen molar-refractivity contribution in [3.8, 4) is 5.69 Å². The fourth-order valence-electron chi connectivity index (χ4n) is 3.78. The largest absolute Gasteiger partial charge is 0.271 e. The van der Waals surface area contributed by atoms with Gasteiger partial charge in [-0.05, 0) is 25.1 Å². The Bertz CT molecular complexity index is 1480. The predicted molar refractivity (Wildman–Crippen MR) is 108 cm³/mol. The highest BCUT2D eigenvalue weighted by Crippen LogP contribution is 2.35. The number of imide groups is 1. The number of nitro groups is 1. The maximum Gasteiger partial charge on any atom is 0.271 e. The molecule has 2 aromatic heterocycles. The number of benzene rings is 2. The van der Waals surface area contributed by atoms with E-state index < -0.39 is 28.4 Å². The quantitative estimate of drug-likeness (QED) is 0.276. The summed E-state index contributed by atoms with van der Waals surface area (Å²) in [5.41, 5.74) is 0.286. The highest BCUT2D eigenvalue weighted by molar-refractivity contribution is 6.37. The molecule has 2 amide bonds. The lowest BCUT2D eigenvalue weighted by atomic mass is 10.1. The molecule has 0 fully saturated rings. The van der Waals surface area contributed by atoms with Crippen LogP contribution in [-0.2, 0) is 0 Å². The summed E-state index contributed by atoms with van der Waals surface area (Å²) in [4.78, 5) is 41.8. The molecule has 2 aromatic carbocycles. The number of nitrogens with zero attached hydrogens (tertiary/aromatic N) is 5. The second-order valence-electron chi connectivity index (χ2n) is 7.09. The van der Waals surface area contributed by atoms with E-state index in [0.717, 1.165) is 23.1 Å². The Morgan fingerprint density at radius 3 is 2.41 bits per heavy atom. The highest BCUT2D eigenvalue weighted by atomic mass is 19.1. The Morgan fingerprint density at radius 1 is 1.00 bits per heavy atom. The zero-order valence-corrected chi connectivity index (χ0v) is 16.2. The van der Waals surface area contributed by atoms with Gasteiger partial charge in [0.15, 0.2) is 5.65 Å². The summed E-state index contributed by atoms with van der Waals surface area (Å²) in [5.74, 6) is -3.02. The van der Waals surface area contributed by atoms with Crippen molar-refractivity contribution in [2.75, 3.05) is 4.90 Å². The fraction of sp³-hybridized carbons (Fsp3) is 0.0476. The number of rotatable bonds is 3. The van der Waals surface area contributed by atoms with Crippen molar-refractivity contribution < 1.29 is 23.3 Å². The first kappa shape index (κ1) is 19.4. The molecule has 0 saturated heterocycles. The Labute approximate surface area is 177 Å². The smallest absolute Gasteiger partial charge is 0.268 e. The topological polar surface area (TPSA) is 111 Å². The lowest BCUT2D eigenvalue weighted by Gasteiger charge is -2.13. The summed E-state index contributed by atoms with van der Waals surface area (Å²) >= 11 is 0. The summed E-state index contributed by atoms with van der Waals surface area (Å²) in [5, 5.41) is 15.6. The molecule has 5 rings (SSSR count). The molecular formula is C21H11F2N5O4. The van der Waals surface area contributed by atoms with Crippen LogP contribution in [0.15, 0.2) is 48.7 Å². The van der Waals surface area contributed by atoms with Crippen LogP contribution < -0.4 is 4.90 Å². The number of nitro benzene ring substituents is 1. The minimum absolute atomic E-state index is 0.00192. The van der Waals surface area contributed by atoms with Crippen LogP contribution in [0.1, 0.15) is 26.4 Å². The summed E-state index contributed by atoms with van der Waals surface area (Å²) < 4.78 is 28.6. The number of aromatic nitrogens is 3. The first-order chi connectivity index (χ1) is 15.3. The van der Waals surface area contributed by atoms with Crippen molar-refractivity contribution >= 4 is 34.2 Å². The molecular weight excluding hydrogens is 424 g/mol. The van der Waals surface area contributed by atoms with Crippen molar-refractivity contribution in [1.29, 1.82) is 0 Å². The molecule has 0 bridgehead atoms. The maximum atomic E-state index is 13.7. The highest BCUT2D eigenvalue weighted by Gasteiger charge is 2.40. The van der Waals surface area contributed by atoms with Crippen molar-refractivity contribution in [2.45, 2.75) is 6.92 Å². The van der Waals surface area contributed by atoms with Gasteiger partial charge in [-0.1, -0.05) is 6.07 Å². The third kappa shape index (κ3) is 2.75. The normalized spacial score (nSPS) is 13.2. The monoisotopic (exact) mass is 435 g/mol. The third-order valence-electron chi connectivity index (χ3n) is 5.11. The van der Waals surface area contributed by atoms with Gasteiger partial charge in [0.25, 0.3) is 17.5 Å². The van der Waals surface area contributed by atoms with Gasteiger partial charge in [0.05, 0.1) is 38.5 Å². The van der Waals surface area contributed by atoms with Crippen LogP contribution in [0.3, 0.4) is 0 Å². The number of anilines is 1. The second-order valence-corrected chi connectivity index (χ2v) is 7.09. The first-order valence-corrected chi connectivity index (χ1v) is 9.24. The van der Waals surface area contributed by atoms with Gasteiger partial charge in [-0.25, -0.2) is 23.3 Å². The van der Waals surface area contributed by atoms with Crippen LogP contribution >= 0.6 is 0 Å². The van der Waals surface area contributed by atoms with E-state index in [1.54, 1.807) is 6.92 Å². The van der Waals surface area contributed by atoms with Gasteiger partial charge in [0.2, 0.25) is 0 Å². The number of carbonyl (C=O) groups excluding carboxylic acids is 2. The molecule has 4 aromatic rings. The molecule has 158 valence electrons. The van der Waals surface area contributed by atoms with E-state index in [2.05, 4.69) is 10.1 Å². The maximum absolute atomic E-state index is 13.7. The molecule has 0 unspecified atom stereocenters. The lowest BCUT2D eigenvalue weighted by Crippen LogP contribution is -2.29. The van der Waals surface area contributed by atoms with Gasteiger partial charge < -0.3 is 0 Å². The Morgan fingerprint density at radius 2 is 1.72 bits per heavy atom. The van der Waals surface area contributed by atoms with E-state index in [-0.39, 0.29) is 39.2 Å². The molecule has 0 aliphatic carbocycles. The molecule has 0 radical (unpaired) electrons. The molecule has 3 heterocycles. The van der Waals surface area contributed by atoms with Crippen LogP contribution in [-0.4, -0.2) is 31.5 Å². The Balaban J connectivity index is 1.70. The molecule has 11 heteroatoms. The number of amides is 2. The number of pyridine rings is 1. The summed E-state index contributed by atoms with van der Waals surface area (Å²) in [7, 11) is 0. The van der Waals surface area contributed by atoms with Crippen LogP contribution in [0.25, 0.3) is 16.7 Å². The molecule has 0 atom stereocenters. The second kappa shape index (κ2) is 6.74. The lowest BCUT2D eigenvalue weighted by molar-refractivity contribution is -0.384. The van der Waals surface area contributed by atoms with E-state index in [1.807, 2.05) is 0 Å². The number of aryl methyl sites for hydroxylation is 1. The summed E-state index contributed by atoms with van der Waals surface area (Å²) in [6.45, 7) is 1.57. The van der Waals surface area contributed by atoms with Crippen LogP contribution in [0.4, 0.5) is 20.2 Å². The van der Waals surface area contributed by atoms with Crippen LogP contribution in [0.5, 0.6) is 0 Å². The van der Waals surface area contributed by atoms with Crippen LogP contribution in [0.2, 0.25) is 0 Å². The van der Waals surface area contributed by atoms with E-state index in [0.29, 0.717) is 11.8 Å². The van der Waals surface area contributed by atoms with E-state index in [9.17, 15) is 28.5 Å². The number of hydrogen-bond donors (Lipinski definition) is 0. The van der Waals surface area contributed by atoms with Gasteiger partial charge in [-0.3, -0.25) is 19.7 Å². The van der Waals surface area contributed by atoms with Gasteiger partial charge in [-0.2, -0.15) is 5.10 Å². The van der Waals surface area contributed by atoms with Crippen molar-refractivity contribution in [3.63, 3.8) is 0 Å². The predicted octanol–water partition coefficient (Wildman–Crippen LogP) is 3.72. The van der Waals surface area contributed by atoms with Crippen LogP contribution in [0, 0.1) is 28.7 Å². The van der Waals surface area contributed by atoms with Crippen molar-refractivity contribution in [2.24, 2.45) is 0 Å². The molecule has 1 aliphatic heterocycles. The third-order valence-corrected chi connectivity index (χ3v) is 5.11. The number of carbonyl (C=O) groups is 2. The van der Waals surface area contributed by atoms with Crippen molar-refractivity contribution in [3.05, 3.63) is 87.2 Å². The zero-order valence-electron chi connectivity index (χ0n) is 16.2. The average molecular weight is 435 g/mol. The van der Waals surface area contributed by atoms with E-state index in [1.165, 1.54) is 29.1 Å². The summed E-state index contributed by atoms with van der Waals surface area (Å²) in [6.07, 6.45) is 1.18. The molecule has 0 saturated carbocycles. The molecule has 0 spiro atoms. The SMILES string of the molecule is Cc1nn(-c2cc(F)cc(F)c2)c2ncc3c(c12)C(=O)N(c1cccc([N+](=O)[O-])c1)C3=O. The van der Waals surface area contributed by atoms with Gasteiger partial charge in [0, 0.05) is 24.4 Å². The zero-order chi connectivity index (χ0) is 22.7. The number of non-ortho nitro benzene ring substituents is 1. The summed E-state index contributed by atoms with van der Waals surface area (Å²) in [6, 6.07) is 7.98. The number of hydrogen-bond acceptors (Lipinski definition) is 6. The fourth-order valence-corrected chi connectivity index (χ4v) is 3.78. The van der Waals surface area contributed by atoms with E-state index in [4.69, 9.17) is 0 Å². The molecule has 0 N–H and O–H groups in total. The average Bonchev–Trinajstić information content (AvgIpc) is 3.21. The molecule has 32 heavy (non-hydrogen) atoms. The minimum atomic E-state index is -0.814. The van der Waals surface area contributed by atoms with Crippen molar-refractivity contribution in [1.82, 2.24) is 14.8 Å². The minimum Gasteiger partial charge on any atom is -0.268 e. The van der Waals surface area contributed by atoms with Gasteiger partial charge in [-0.15, -0.1) is 0 Å². The Kier molecular flexibility index (Phi) is 4.09.